The Labute approximate surface area is 113 Å². The first-order chi connectivity index (χ1) is 8.92. The van der Waals surface area contributed by atoms with Crippen LogP contribution in [0.1, 0.15) is 23.6 Å². The first-order valence-corrected chi connectivity index (χ1v) is 6.20. The second-order valence-corrected chi connectivity index (χ2v) is 4.42. The molecule has 1 atom stereocenters. The number of benzene rings is 1. The maximum Gasteiger partial charge on any atom is 0.323 e. The molecule has 0 saturated heterocycles. The summed E-state index contributed by atoms with van der Waals surface area (Å²) in [7, 11) is 1.50. The number of methoxy groups -OCH3 is 1. The number of phenolic OH excluding ortho intramolecular Hbond substituents is 1. The van der Waals surface area contributed by atoms with Crippen LogP contribution >= 0.6 is 0 Å². The normalized spacial score (nSPS) is 12.1. The summed E-state index contributed by atoms with van der Waals surface area (Å²) < 4.78 is 10.0. The van der Waals surface area contributed by atoms with Crippen molar-refractivity contribution in [3.8, 4) is 11.5 Å². The lowest BCUT2D eigenvalue weighted by atomic mass is 9.99. The second kappa shape index (κ2) is 6.43. The maximum atomic E-state index is 11.5. The molecular formula is C14H21NO4. The second-order valence-electron chi connectivity index (χ2n) is 4.42. The number of phenols is 1. The average Bonchev–Trinajstić information content (AvgIpc) is 2.37. The largest absolute Gasteiger partial charge is 0.504 e. The number of nitrogens with two attached hydrogens (primary N) is 1. The number of aryl methyl sites for hydroxylation is 1. The van der Waals surface area contributed by atoms with E-state index in [2.05, 4.69) is 0 Å². The Kier molecular flexibility index (Phi) is 5.18. The molecule has 3 N–H and O–H groups in total. The van der Waals surface area contributed by atoms with Crippen molar-refractivity contribution in [2.24, 2.45) is 5.73 Å². The zero-order valence-electron chi connectivity index (χ0n) is 11.8. The number of esters is 1. The van der Waals surface area contributed by atoms with E-state index in [1.165, 1.54) is 7.11 Å². The Balaban J connectivity index is 3.02. The van der Waals surface area contributed by atoms with E-state index in [0.717, 1.165) is 11.1 Å². The SMILES string of the molecule is CCOC(=O)C(N)Cc1cc(C)c(C)c(OC)c1O. The van der Waals surface area contributed by atoms with Crippen molar-refractivity contribution in [2.45, 2.75) is 33.2 Å². The van der Waals surface area contributed by atoms with Crippen LogP contribution in [0.15, 0.2) is 6.07 Å². The summed E-state index contributed by atoms with van der Waals surface area (Å²) in [5, 5.41) is 10.1. The molecule has 0 aliphatic carbocycles. The van der Waals surface area contributed by atoms with Crippen molar-refractivity contribution in [3.05, 3.63) is 22.8 Å². The molecule has 1 unspecified atom stereocenters. The molecule has 0 aromatic heterocycles. The molecule has 0 aliphatic rings. The third-order valence-electron chi connectivity index (χ3n) is 3.08. The first kappa shape index (κ1) is 15.3. The van der Waals surface area contributed by atoms with E-state index in [0.29, 0.717) is 11.3 Å². The predicted molar refractivity (Wildman–Crippen MR) is 72.4 cm³/mol. The standard InChI is InChI=1S/C14H21NO4/c1-5-19-14(17)11(15)7-10-6-8(2)9(3)13(18-4)12(10)16/h6,11,16H,5,7,15H2,1-4H3. The predicted octanol–water partition coefficient (Wildman–Crippen LogP) is 1.45. The number of ether oxygens (including phenoxy) is 2. The number of hydrogen-bond donors (Lipinski definition) is 2. The van der Waals surface area contributed by atoms with Crippen LogP contribution in [-0.4, -0.2) is 30.8 Å². The molecule has 106 valence electrons. The lowest BCUT2D eigenvalue weighted by Gasteiger charge is -2.16. The van der Waals surface area contributed by atoms with E-state index in [1.54, 1.807) is 6.92 Å². The number of carbonyl (C=O) groups is 1. The molecule has 5 nitrogen and oxygen atoms in total. The molecule has 1 rings (SSSR count). The van der Waals surface area contributed by atoms with Gasteiger partial charge in [-0.2, -0.15) is 0 Å². The highest BCUT2D eigenvalue weighted by Crippen LogP contribution is 2.36. The Morgan fingerprint density at radius 2 is 2.11 bits per heavy atom. The molecule has 0 heterocycles. The first-order valence-electron chi connectivity index (χ1n) is 6.20. The van der Waals surface area contributed by atoms with Crippen LogP contribution in [0.25, 0.3) is 0 Å². The molecular weight excluding hydrogens is 246 g/mol. The quantitative estimate of drug-likeness (QED) is 0.789. The van der Waals surface area contributed by atoms with Gasteiger partial charge in [-0.25, -0.2) is 0 Å². The zero-order chi connectivity index (χ0) is 14.6. The molecule has 1 aromatic rings. The van der Waals surface area contributed by atoms with E-state index in [9.17, 15) is 9.90 Å². The Morgan fingerprint density at radius 3 is 2.63 bits per heavy atom. The van der Waals surface area contributed by atoms with Gasteiger partial charge in [0.1, 0.15) is 6.04 Å². The Bertz CT molecular complexity index is 471. The smallest absolute Gasteiger partial charge is 0.323 e. The van der Waals surface area contributed by atoms with Gasteiger partial charge in [-0.15, -0.1) is 0 Å². The Hall–Kier alpha value is -1.75. The number of aromatic hydroxyl groups is 1. The fourth-order valence-corrected chi connectivity index (χ4v) is 1.92. The molecule has 1 aromatic carbocycles. The summed E-state index contributed by atoms with van der Waals surface area (Å²) in [6.45, 7) is 5.79. The lowest BCUT2D eigenvalue weighted by molar-refractivity contribution is -0.144. The van der Waals surface area contributed by atoms with E-state index in [-0.39, 0.29) is 18.8 Å². The monoisotopic (exact) mass is 267 g/mol. The third kappa shape index (κ3) is 3.38. The van der Waals surface area contributed by atoms with Gasteiger partial charge in [0, 0.05) is 12.0 Å². The molecule has 0 amide bonds. The van der Waals surface area contributed by atoms with Gasteiger partial charge in [-0.05, 0) is 31.9 Å². The van der Waals surface area contributed by atoms with Gasteiger partial charge in [-0.1, -0.05) is 6.07 Å². The molecule has 19 heavy (non-hydrogen) atoms. The van der Waals surface area contributed by atoms with Gasteiger partial charge in [0.2, 0.25) is 0 Å². The lowest BCUT2D eigenvalue weighted by Crippen LogP contribution is -2.34. The molecule has 0 radical (unpaired) electrons. The van der Waals surface area contributed by atoms with E-state index >= 15 is 0 Å². The van der Waals surface area contributed by atoms with Crippen molar-refractivity contribution in [3.63, 3.8) is 0 Å². The highest BCUT2D eigenvalue weighted by atomic mass is 16.5. The Morgan fingerprint density at radius 1 is 1.47 bits per heavy atom. The van der Waals surface area contributed by atoms with Crippen molar-refractivity contribution in [2.75, 3.05) is 13.7 Å². The summed E-state index contributed by atoms with van der Waals surface area (Å²) >= 11 is 0. The van der Waals surface area contributed by atoms with Gasteiger partial charge < -0.3 is 20.3 Å². The maximum absolute atomic E-state index is 11.5. The van der Waals surface area contributed by atoms with Crippen LogP contribution in [0.2, 0.25) is 0 Å². The van der Waals surface area contributed by atoms with Crippen LogP contribution in [0.3, 0.4) is 0 Å². The third-order valence-corrected chi connectivity index (χ3v) is 3.08. The van der Waals surface area contributed by atoms with E-state index in [1.807, 2.05) is 19.9 Å². The zero-order valence-corrected chi connectivity index (χ0v) is 11.8. The number of carbonyl (C=O) groups excluding carboxylic acids is 1. The minimum absolute atomic E-state index is 0.0327. The van der Waals surface area contributed by atoms with Crippen LogP contribution in [0.4, 0.5) is 0 Å². The summed E-state index contributed by atoms with van der Waals surface area (Å²) in [6.07, 6.45) is 0.210. The summed E-state index contributed by atoms with van der Waals surface area (Å²) in [5.74, 6) is -0.0181. The molecule has 5 heteroatoms. The number of hydrogen-bond acceptors (Lipinski definition) is 5. The molecule has 0 fully saturated rings. The van der Waals surface area contributed by atoms with E-state index < -0.39 is 12.0 Å². The summed E-state index contributed by atoms with van der Waals surface area (Å²) in [6, 6.07) is 1.02. The van der Waals surface area contributed by atoms with Crippen molar-refractivity contribution in [1.82, 2.24) is 0 Å². The van der Waals surface area contributed by atoms with Gasteiger partial charge in [-0.3, -0.25) is 4.79 Å². The molecule has 0 saturated carbocycles. The van der Waals surface area contributed by atoms with Gasteiger partial charge >= 0.3 is 5.97 Å². The van der Waals surface area contributed by atoms with E-state index in [4.69, 9.17) is 15.2 Å². The highest BCUT2D eigenvalue weighted by Gasteiger charge is 2.20. The van der Waals surface area contributed by atoms with Crippen molar-refractivity contribution >= 4 is 5.97 Å². The number of rotatable bonds is 5. The van der Waals surface area contributed by atoms with Gasteiger partial charge in [0.25, 0.3) is 0 Å². The minimum atomic E-state index is -0.794. The average molecular weight is 267 g/mol. The van der Waals surface area contributed by atoms with Crippen LogP contribution in [0.5, 0.6) is 11.5 Å². The summed E-state index contributed by atoms with van der Waals surface area (Å²) in [4.78, 5) is 11.5. The minimum Gasteiger partial charge on any atom is -0.504 e. The summed E-state index contributed by atoms with van der Waals surface area (Å²) in [5.41, 5.74) is 8.18. The van der Waals surface area contributed by atoms with Gasteiger partial charge in [0.15, 0.2) is 11.5 Å². The fraction of sp³-hybridized carbons (Fsp3) is 0.500. The fourth-order valence-electron chi connectivity index (χ4n) is 1.92. The van der Waals surface area contributed by atoms with Crippen LogP contribution in [-0.2, 0) is 16.0 Å². The molecule has 0 bridgehead atoms. The highest BCUT2D eigenvalue weighted by molar-refractivity contribution is 5.76. The molecule has 0 spiro atoms. The van der Waals surface area contributed by atoms with Crippen LogP contribution < -0.4 is 10.5 Å². The van der Waals surface area contributed by atoms with Crippen molar-refractivity contribution < 1.29 is 19.4 Å². The molecule has 0 aliphatic heterocycles. The van der Waals surface area contributed by atoms with Crippen molar-refractivity contribution in [1.29, 1.82) is 0 Å². The van der Waals surface area contributed by atoms with Crippen LogP contribution in [0, 0.1) is 13.8 Å². The topological polar surface area (TPSA) is 81.8 Å². The van der Waals surface area contributed by atoms with Gasteiger partial charge in [0.05, 0.1) is 13.7 Å².